The van der Waals surface area contributed by atoms with Crippen molar-refractivity contribution in [2.45, 2.75) is 76.4 Å². The van der Waals surface area contributed by atoms with Crippen molar-refractivity contribution in [1.82, 2.24) is 19.5 Å². The lowest BCUT2D eigenvalue weighted by atomic mass is 9.80. The Morgan fingerprint density at radius 2 is 1.86 bits per heavy atom. The maximum absolute atomic E-state index is 13.0. The summed E-state index contributed by atoms with van der Waals surface area (Å²) < 4.78 is 40.8. The normalized spacial score (nSPS) is 28.7. The fourth-order valence-corrected chi connectivity index (χ4v) is 5.04. The smallest absolute Gasteiger partial charge is 0.342 e. The summed E-state index contributed by atoms with van der Waals surface area (Å²) in [4.78, 5) is 17.8. The van der Waals surface area contributed by atoms with Crippen molar-refractivity contribution in [3.63, 3.8) is 0 Å². The van der Waals surface area contributed by atoms with Gasteiger partial charge in [0.2, 0.25) is 6.41 Å². The molecule has 2 aromatic rings. The van der Waals surface area contributed by atoms with Crippen molar-refractivity contribution in [2.75, 3.05) is 6.54 Å². The predicted molar refractivity (Wildman–Crippen MR) is 103 cm³/mol. The van der Waals surface area contributed by atoms with Gasteiger partial charge in [0.15, 0.2) is 5.65 Å². The zero-order valence-electron chi connectivity index (χ0n) is 16.8. The lowest BCUT2D eigenvalue weighted by Crippen LogP contribution is -2.41. The number of hydrogen-bond acceptors (Lipinski definition) is 3. The standard InChI is InChI=1S/C21H27F3N4O/c1-13-10-19(17-4-3-9-27(12-29)14(17)2)28-20(25-13)11-18(26-28)15-5-7-16(8-6-15)21(22,23)24/h10-12,14-17H,3-9H2,1-2H3/t14-,15?,16?,17+/m0/s1. The number of aromatic nitrogens is 3. The van der Waals surface area contributed by atoms with E-state index in [9.17, 15) is 18.0 Å². The number of likely N-dealkylation sites (tertiary alicyclic amines) is 1. The summed E-state index contributed by atoms with van der Waals surface area (Å²) in [6.45, 7) is 4.76. The first-order valence-corrected chi connectivity index (χ1v) is 10.4. The maximum Gasteiger partial charge on any atom is 0.391 e. The molecule has 0 unspecified atom stereocenters. The van der Waals surface area contributed by atoms with E-state index in [1.54, 1.807) is 0 Å². The van der Waals surface area contributed by atoms with E-state index >= 15 is 0 Å². The fraction of sp³-hybridized carbons (Fsp3) is 0.667. The molecule has 0 N–H and O–H groups in total. The molecule has 2 atom stereocenters. The van der Waals surface area contributed by atoms with E-state index in [0.717, 1.165) is 48.5 Å². The van der Waals surface area contributed by atoms with Gasteiger partial charge in [0.1, 0.15) is 0 Å². The number of halogens is 3. The molecule has 4 rings (SSSR count). The maximum atomic E-state index is 13.0. The summed E-state index contributed by atoms with van der Waals surface area (Å²) in [7, 11) is 0. The summed E-state index contributed by atoms with van der Waals surface area (Å²) >= 11 is 0. The second-order valence-corrected chi connectivity index (χ2v) is 8.58. The highest BCUT2D eigenvalue weighted by molar-refractivity contribution is 5.49. The lowest BCUT2D eigenvalue weighted by molar-refractivity contribution is -0.182. The van der Waals surface area contributed by atoms with Crippen molar-refractivity contribution < 1.29 is 18.0 Å². The second-order valence-electron chi connectivity index (χ2n) is 8.58. The first-order chi connectivity index (χ1) is 13.8. The minimum absolute atomic E-state index is 0.0405. The summed E-state index contributed by atoms with van der Waals surface area (Å²) in [5, 5.41) is 4.79. The van der Waals surface area contributed by atoms with Crippen LogP contribution in [0, 0.1) is 12.8 Å². The van der Waals surface area contributed by atoms with Crippen LogP contribution in [0.2, 0.25) is 0 Å². The van der Waals surface area contributed by atoms with Gasteiger partial charge < -0.3 is 4.90 Å². The van der Waals surface area contributed by atoms with Crippen molar-refractivity contribution in [3.8, 4) is 0 Å². The molecule has 29 heavy (non-hydrogen) atoms. The molecule has 1 aliphatic heterocycles. The number of carbonyl (C=O) groups excluding carboxylic acids is 1. The van der Waals surface area contributed by atoms with Gasteiger partial charge in [-0.3, -0.25) is 4.79 Å². The molecule has 0 aromatic carbocycles. The Labute approximate surface area is 168 Å². The Kier molecular flexibility index (Phi) is 5.29. The van der Waals surface area contributed by atoms with E-state index in [4.69, 9.17) is 5.10 Å². The molecule has 8 heteroatoms. The topological polar surface area (TPSA) is 50.5 Å². The molecular weight excluding hydrogens is 381 g/mol. The third kappa shape index (κ3) is 3.85. The number of carbonyl (C=O) groups is 1. The highest BCUT2D eigenvalue weighted by Crippen LogP contribution is 2.43. The molecule has 0 bridgehead atoms. The molecule has 1 saturated heterocycles. The zero-order chi connectivity index (χ0) is 20.8. The molecule has 0 radical (unpaired) electrons. The largest absolute Gasteiger partial charge is 0.391 e. The Balaban J connectivity index is 1.63. The van der Waals surface area contributed by atoms with Gasteiger partial charge in [0, 0.05) is 36.2 Å². The Morgan fingerprint density at radius 1 is 1.14 bits per heavy atom. The van der Waals surface area contributed by atoms with Gasteiger partial charge in [-0.15, -0.1) is 0 Å². The molecule has 5 nitrogen and oxygen atoms in total. The van der Waals surface area contributed by atoms with Gasteiger partial charge in [-0.25, -0.2) is 9.50 Å². The van der Waals surface area contributed by atoms with Crippen molar-refractivity contribution in [1.29, 1.82) is 0 Å². The molecule has 158 valence electrons. The molecular formula is C21H27F3N4O. The van der Waals surface area contributed by atoms with Crippen LogP contribution in [-0.4, -0.2) is 44.7 Å². The average molecular weight is 408 g/mol. The summed E-state index contributed by atoms with van der Waals surface area (Å²) in [6.07, 6.45) is 0.0436. The molecule has 0 spiro atoms. The number of hydrogen-bond donors (Lipinski definition) is 0. The summed E-state index contributed by atoms with van der Waals surface area (Å²) in [5.41, 5.74) is 3.49. The van der Waals surface area contributed by atoms with Crippen molar-refractivity contribution >= 4 is 12.1 Å². The molecule has 1 saturated carbocycles. The van der Waals surface area contributed by atoms with E-state index in [1.807, 2.05) is 28.5 Å². The summed E-state index contributed by atoms with van der Waals surface area (Å²) in [5.74, 6) is -0.991. The lowest BCUT2D eigenvalue weighted by Gasteiger charge is -2.37. The predicted octanol–water partition coefficient (Wildman–Crippen LogP) is 4.60. The third-order valence-corrected chi connectivity index (χ3v) is 6.76. The van der Waals surface area contributed by atoms with Crippen LogP contribution in [0.15, 0.2) is 12.1 Å². The van der Waals surface area contributed by atoms with Gasteiger partial charge in [0.25, 0.3) is 0 Å². The minimum Gasteiger partial charge on any atom is -0.342 e. The minimum atomic E-state index is -4.10. The van der Waals surface area contributed by atoms with Gasteiger partial charge in [-0.1, -0.05) is 0 Å². The van der Waals surface area contributed by atoms with E-state index in [1.165, 1.54) is 0 Å². The quantitative estimate of drug-likeness (QED) is 0.698. The Morgan fingerprint density at radius 3 is 2.52 bits per heavy atom. The number of amides is 1. The molecule has 1 aliphatic carbocycles. The van der Waals surface area contributed by atoms with Crippen LogP contribution in [0.4, 0.5) is 13.2 Å². The number of rotatable bonds is 3. The van der Waals surface area contributed by atoms with Gasteiger partial charge in [0.05, 0.1) is 17.3 Å². The first-order valence-electron chi connectivity index (χ1n) is 10.4. The van der Waals surface area contributed by atoms with Crippen LogP contribution < -0.4 is 0 Å². The number of nitrogens with zero attached hydrogens (tertiary/aromatic N) is 4. The molecule has 3 heterocycles. The van der Waals surface area contributed by atoms with E-state index in [0.29, 0.717) is 12.8 Å². The zero-order valence-corrected chi connectivity index (χ0v) is 16.8. The Bertz CT molecular complexity index is 886. The van der Waals surface area contributed by atoms with Crippen LogP contribution in [0.3, 0.4) is 0 Å². The third-order valence-electron chi connectivity index (χ3n) is 6.76. The van der Waals surface area contributed by atoms with Crippen LogP contribution in [-0.2, 0) is 4.79 Å². The van der Waals surface area contributed by atoms with Crippen LogP contribution in [0.5, 0.6) is 0 Å². The van der Waals surface area contributed by atoms with Crippen molar-refractivity contribution in [2.24, 2.45) is 5.92 Å². The molecule has 2 aliphatic rings. The number of fused-ring (bicyclic) bond motifs is 1. The molecule has 2 aromatic heterocycles. The number of piperidine rings is 1. The van der Waals surface area contributed by atoms with Crippen LogP contribution in [0.25, 0.3) is 5.65 Å². The monoisotopic (exact) mass is 408 g/mol. The van der Waals surface area contributed by atoms with Crippen molar-refractivity contribution in [3.05, 3.63) is 29.2 Å². The summed E-state index contributed by atoms with van der Waals surface area (Å²) in [6, 6.07) is 4.03. The van der Waals surface area contributed by atoms with E-state index < -0.39 is 12.1 Å². The first kappa shape index (κ1) is 20.2. The van der Waals surface area contributed by atoms with Crippen LogP contribution in [0.1, 0.15) is 74.4 Å². The average Bonchev–Trinajstić information content (AvgIpc) is 3.11. The highest BCUT2D eigenvalue weighted by Gasteiger charge is 2.42. The number of aryl methyl sites for hydroxylation is 1. The van der Waals surface area contributed by atoms with Crippen LogP contribution >= 0.6 is 0 Å². The fourth-order valence-electron chi connectivity index (χ4n) is 5.04. The van der Waals surface area contributed by atoms with Gasteiger partial charge in [-0.2, -0.15) is 18.3 Å². The second kappa shape index (κ2) is 7.61. The van der Waals surface area contributed by atoms with Gasteiger partial charge >= 0.3 is 6.18 Å². The highest BCUT2D eigenvalue weighted by atomic mass is 19.4. The number of alkyl halides is 3. The SMILES string of the molecule is Cc1cc([C@@H]2CCCN(C=O)[C@H]2C)n2nc(C3CCC(C(F)(F)F)CC3)cc2n1. The molecule has 2 fully saturated rings. The van der Waals surface area contributed by atoms with Gasteiger partial charge in [-0.05, 0) is 58.4 Å². The Hall–Kier alpha value is -2.12. The molecule has 1 amide bonds. The van der Waals surface area contributed by atoms with E-state index in [2.05, 4.69) is 11.9 Å². The van der Waals surface area contributed by atoms with E-state index in [-0.39, 0.29) is 30.7 Å².